The van der Waals surface area contributed by atoms with Crippen LogP contribution in [0.15, 0.2) is 39.4 Å². The van der Waals surface area contributed by atoms with Gasteiger partial charge in [-0.1, -0.05) is 11.6 Å². The summed E-state index contributed by atoms with van der Waals surface area (Å²) in [5.41, 5.74) is 2.18. The number of hydrogen-bond donors (Lipinski definition) is 1. The maximum Gasteiger partial charge on any atom is 0.169 e. The molecular weight excluding hydrogens is 302 g/mol. The van der Waals surface area contributed by atoms with Crippen molar-refractivity contribution in [1.29, 1.82) is 0 Å². The second-order valence-electron chi connectivity index (χ2n) is 3.97. The number of rotatable bonds is 3. The van der Waals surface area contributed by atoms with Gasteiger partial charge in [-0.25, -0.2) is 0 Å². The van der Waals surface area contributed by atoms with Gasteiger partial charge in [0.05, 0.1) is 6.04 Å². The minimum atomic E-state index is 0.112. The van der Waals surface area contributed by atoms with Gasteiger partial charge >= 0.3 is 0 Å². The van der Waals surface area contributed by atoms with Crippen molar-refractivity contribution in [2.24, 2.45) is 0 Å². The number of anilines is 1. The van der Waals surface area contributed by atoms with Gasteiger partial charge in [0.15, 0.2) is 4.67 Å². The van der Waals surface area contributed by atoms with E-state index in [1.165, 1.54) is 0 Å². The predicted octanol–water partition coefficient (Wildman–Crippen LogP) is 5.18. The lowest BCUT2D eigenvalue weighted by Gasteiger charge is -2.15. The summed E-state index contributed by atoms with van der Waals surface area (Å²) < 4.78 is 6.25. The zero-order valence-electron chi connectivity index (χ0n) is 9.63. The molecule has 17 heavy (non-hydrogen) atoms. The van der Waals surface area contributed by atoms with E-state index in [0.717, 1.165) is 26.7 Å². The predicted molar refractivity (Wildman–Crippen MR) is 74.6 cm³/mol. The lowest BCUT2D eigenvalue weighted by atomic mass is 10.1. The Bertz CT molecular complexity index is 524. The van der Waals surface area contributed by atoms with Crippen LogP contribution in [0.3, 0.4) is 0 Å². The second-order valence-corrected chi connectivity index (χ2v) is 5.19. The quantitative estimate of drug-likeness (QED) is 0.844. The first-order valence-electron chi connectivity index (χ1n) is 5.34. The van der Waals surface area contributed by atoms with Crippen molar-refractivity contribution in [1.82, 2.24) is 0 Å². The van der Waals surface area contributed by atoms with Crippen molar-refractivity contribution in [3.63, 3.8) is 0 Å². The maximum absolute atomic E-state index is 5.92. The van der Waals surface area contributed by atoms with E-state index >= 15 is 0 Å². The van der Waals surface area contributed by atoms with Crippen LogP contribution in [-0.2, 0) is 0 Å². The number of hydrogen-bond acceptors (Lipinski definition) is 2. The molecule has 1 heterocycles. The summed E-state index contributed by atoms with van der Waals surface area (Å²) in [6.07, 6.45) is 0. The van der Waals surface area contributed by atoms with E-state index in [1.807, 2.05) is 37.3 Å². The molecule has 0 fully saturated rings. The van der Waals surface area contributed by atoms with Gasteiger partial charge in [0.25, 0.3) is 0 Å². The van der Waals surface area contributed by atoms with Crippen LogP contribution in [0.5, 0.6) is 0 Å². The van der Waals surface area contributed by atoms with Crippen molar-refractivity contribution in [2.75, 3.05) is 5.32 Å². The Balaban J connectivity index is 2.15. The molecule has 90 valence electrons. The van der Waals surface area contributed by atoms with E-state index in [2.05, 4.69) is 28.2 Å². The molecule has 0 aliphatic heterocycles. The smallest absolute Gasteiger partial charge is 0.169 e. The molecule has 0 saturated heterocycles. The molecule has 1 aromatic carbocycles. The molecule has 0 aliphatic rings. The first kappa shape index (κ1) is 12.5. The Morgan fingerprint density at radius 2 is 2.06 bits per heavy atom. The van der Waals surface area contributed by atoms with E-state index in [0.29, 0.717) is 0 Å². The normalized spacial score (nSPS) is 12.5. The molecule has 2 rings (SSSR count). The Labute approximate surface area is 114 Å². The van der Waals surface area contributed by atoms with Crippen LogP contribution >= 0.6 is 27.5 Å². The fourth-order valence-electron chi connectivity index (χ4n) is 1.65. The van der Waals surface area contributed by atoms with Gasteiger partial charge in [-0.05, 0) is 65.7 Å². The molecule has 0 bridgehead atoms. The molecule has 1 unspecified atom stereocenters. The Kier molecular flexibility index (Phi) is 3.79. The van der Waals surface area contributed by atoms with Gasteiger partial charge in [-0.3, -0.25) is 0 Å². The molecule has 0 amide bonds. The lowest BCUT2D eigenvalue weighted by Crippen LogP contribution is -2.06. The first-order chi connectivity index (χ1) is 8.06. The standard InChI is InChI=1S/C13H13BrClNO/c1-8-7-10(15)3-4-11(8)16-9(2)12-5-6-13(14)17-12/h3-7,9,16H,1-2H3. The number of aryl methyl sites for hydroxylation is 1. The average molecular weight is 315 g/mol. The summed E-state index contributed by atoms with van der Waals surface area (Å²) in [6, 6.07) is 9.75. The van der Waals surface area contributed by atoms with E-state index in [-0.39, 0.29) is 6.04 Å². The zero-order valence-corrected chi connectivity index (χ0v) is 12.0. The highest BCUT2D eigenvalue weighted by Crippen LogP contribution is 2.26. The highest BCUT2D eigenvalue weighted by molar-refractivity contribution is 9.10. The lowest BCUT2D eigenvalue weighted by molar-refractivity contribution is 0.471. The molecule has 0 spiro atoms. The van der Waals surface area contributed by atoms with Crippen molar-refractivity contribution >= 4 is 33.2 Å². The zero-order chi connectivity index (χ0) is 12.4. The van der Waals surface area contributed by atoms with Crippen LogP contribution in [-0.4, -0.2) is 0 Å². The van der Waals surface area contributed by atoms with Crippen LogP contribution in [0, 0.1) is 6.92 Å². The average Bonchev–Trinajstić information content (AvgIpc) is 2.69. The molecule has 0 radical (unpaired) electrons. The highest BCUT2D eigenvalue weighted by atomic mass is 79.9. The third kappa shape index (κ3) is 3.05. The molecule has 1 atom stereocenters. The van der Waals surface area contributed by atoms with Crippen molar-refractivity contribution in [3.05, 3.63) is 51.3 Å². The topological polar surface area (TPSA) is 25.2 Å². The molecular formula is C13H13BrClNO. The minimum absolute atomic E-state index is 0.112. The van der Waals surface area contributed by atoms with Crippen LogP contribution < -0.4 is 5.32 Å². The largest absolute Gasteiger partial charge is 0.452 e. The molecule has 2 aromatic rings. The number of benzene rings is 1. The van der Waals surface area contributed by atoms with Gasteiger partial charge < -0.3 is 9.73 Å². The summed E-state index contributed by atoms with van der Waals surface area (Å²) in [6.45, 7) is 4.08. The fourth-order valence-corrected chi connectivity index (χ4v) is 2.20. The minimum Gasteiger partial charge on any atom is -0.452 e. The van der Waals surface area contributed by atoms with Gasteiger partial charge in [0.2, 0.25) is 0 Å². The number of nitrogens with one attached hydrogen (secondary N) is 1. The Morgan fingerprint density at radius 3 is 2.65 bits per heavy atom. The Hall–Kier alpha value is -0.930. The summed E-state index contributed by atoms with van der Waals surface area (Å²) in [7, 11) is 0. The second kappa shape index (κ2) is 5.15. The van der Waals surface area contributed by atoms with E-state index in [4.69, 9.17) is 16.0 Å². The third-order valence-corrected chi connectivity index (χ3v) is 3.24. The first-order valence-corrected chi connectivity index (χ1v) is 6.51. The molecule has 0 aliphatic carbocycles. The Morgan fingerprint density at radius 1 is 1.29 bits per heavy atom. The van der Waals surface area contributed by atoms with Crippen LogP contribution in [0.4, 0.5) is 5.69 Å². The van der Waals surface area contributed by atoms with Gasteiger partial charge in [-0.2, -0.15) is 0 Å². The molecule has 1 aromatic heterocycles. The third-order valence-electron chi connectivity index (χ3n) is 2.58. The summed E-state index contributed by atoms with van der Waals surface area (Å²) in [4.78, 5) is 0. The van der Waals surface area contributed by atoms with Crippen molar-refractivity contribution < 1.29 is 4.42 Å². The molecule has 0 saturated carbocycles. The molecule has 1 N–H and O–H groups in total. The van der Waals surface area contributed by atoms with E-state index < -0.39 is 0 Å². The van der Waals surface area contributed by atoms with E-state index in [9.17, 15) is 0 Å². The molecule has 4 heteroatoms. The monoisotopic (exact) mass is 313 g/mol. The number of halogens is 2. The van der Waals surface area contributed by atoms with Crippen molar-refractivity contribution in [2.45, 2.75) is 19.9 Å². The van der Waals surface area contributed by atoms with Gasteiger partial charge in [0, 0.05) is 10.7 Å². The van der Waals surface area contributed by atoms with Crippen LogP contribution in [0.25, 0.3) is 0 Å². The van der Waals surface area contributed by atoms with Crippen LogP contribution in [0.2, 0.25) is 5.02 Å². The van der Waals surface area contributed by atoms with Gasteiger partial charge in [0.1, 0.15) is 5.76 Å². The summed E-state index contributed by atoms with van der Waals surface area (Å²) >= 11 is 9.22. The summed E-state index contributed by atoms with van der Waals surface area (Å²) in [5.74, 6) is 0.895. The van der Waals surface area contributed by atoms with Gasteiger partial charge in [-0.15, -0.1) is 0 Å². The maximum atomic E-state index is 5.92. The SMILES string of the molecule is Cc1cc(Cl)ccc1NC(C)c1ccc(Br)o1. The van der Waals surface area contributed by atoms with Crippen molar-refractivity contribution in [3.8, 4) is 0 Å². The fraction of sp³-hybridized carbons (Fsp3) is 0.231. The number of furan rings is 1. The summed E-state index contributed by atoms with van der Waals surface area (Å²) in [5, 5.41) is 4.15. The van der Waals surface area contributed by atoms with E-state index in [1.54, 1.807) is 0 Å². The highest BCUT2D eigenvalue weighted by Gasteiger charge is 2.10. The van der Waals surface area contributed by atoms with Crippen LogP contribution in [0.1, 0.15) is 24.3 Å². The molecule has 2 nitrogen and oxygen atoms in total.